The number of hydrogen-bond donors (Lipinski definition) is 0. The van der Waals surface area contributed by atoms with E-state index in [0.29, 0.717) is 6.42 Å². The van der Waals surface area contributed by atoms with Crippen molar-refractivity contribution in [2.24, 2.45) is 0 Å². The normalized spacial score (nSPS) is 10.6. The predicted octanol–water partition coefficient (Wildman–Crippen LogP) is 1.41. The van der Waals surface area contributed by atoms with E-state index in [-0.39, 0.29) is 0 Å². The highest BCUT2D eigenvalue weighted by Gasteiger charge is 2.02. The first kappa shape index (κ1) is 9.77. The second-order valence-corrected chi connectivity index (χ2v) is 3.63. The van der Waals surface area contributed by atoms with E-state index in [9.17, 15) is 0 Å². The number of fused-ring (bicyclic) bond motifs is 1. The third kappa shape index (κ3) is 2.08. The van der Waals surface area contributed by atoms with Gasteiger partial charge in [0.1, 0.15) is 6.33 Å². The first-order valence-corrected chi connectivity index (χ1v) is 5.24. The van der Waals surface area contributed by atoms with Crippen LogP contribution in [0.25, 0.3) is 11.0 Å². The van der Waals surface area contributed by atoms with E-state index < -0.39 is 0 Å². The molecular formula is C12H9N5. The summed E-state index contributed by atoms with van der Waals surface area (Å²) in [5, 5.41) is 7.71. The van der Waals surface area contributed by atoms with Crippen LogP contribution < -0.4 is 0 Å². The van der Waals surface area contributed by atoms with Crippen LogP contribution in [0.5, 0.6) is 0 Å². The Morgan fingerprint density at radius 1 is 0.941 bits per heavy atom. The average molecular weight is 223 g/mol. The Labute approximate surface area is 97.6 Å². The monoisotopic (exact) mass is 223 g/mol. The van der Waals surface area contributed by atoms with Gasteiger partial charge in [0, 0.05) is 12.6 Å². The average Bonchev–Trinajstić information content (AvgIpc) is 2.40. The maximum Gasteiger partial charge on any atom is 0.138 e. The van der Waals surface area contributed by atoms with Crippen molar-refractivity contribution < 1.29 is 0 Å². The Balaban J connectivity index is 1.96. The number of aromatic nitrogens is 5. The van der Waals surface area contributed by atoms with Gasteiger partial charge in [-0.2, -0.15) is 5.10 Å². The highest BCUT2D eigenvalue weighted by Crippen LogP contribution is 2.10. The van der Waals surface area contributed by atoms with Gasteiger partial charge in [-0.25, -0.2) is 9.97 Å². The standard InChI is InChI=1S/C12H9N5/c1-2-4-12-11(3-1)14-7-9(16-12)5-10-6-13-8-15-17-10/h1-4,6-8H,5H2. The van der Waals surface area contributed by atoms with Crippen molar-refractivity contribution >= 4 is 11.0 Å². The van der Waals surface area contributed by atoms with E-state index in [1.54, 1.807) is 12.4 Å². The van der Waals surface area contributed by atoms with Gasteiger partial charge in [0.2, 0.25) is 0 Å². The molecule has 1 aromatic carbocycles. The molecule has 0 radical (unpaired) electrons. The van der Waals surface area contributed by atoms with Gasteiger partial charge in [0.05, 0.1) is 28.6 Å². The first-order valence-electron chi connectivity index (χ1n) is 5.24. The fourth-order valence-corrected chi connectivity index (χ4v) is 1.62. The van der Waals surface area contributed by atoms with E-state index in [2.05, 4.69) is 25.1 Å². The molecular weight excluding hydrogens is 214 g/mol. The van der Waals surface area contributed by atoms with Gasteiger partial charge in [0.25, 0.3) is 0 Å². The molecule has 0 aliphatic carbocycles. The van der Waals surface area contributed by atoms with E-state index >= 15 is 0 Å². The van der Waals surface area contributed by atoms with Gasteiger partial charge in [-0.1, -0.05) is 12.1 Å². The zero-order valence-corrected chi connectivity index (χ0v) is 8.98. The number of para-hydroxylation sites is 2. The molecule has 0 spiro atoms. The van der Waals surface area contributed by atoms with E-state index in [4.69, 9.17) is 0 Å². The lowest BCUT2D eigenvalue weighted by molar-refractivity contribution is 0.877. The van der Waals surface area contributed by atoms with Crippen molar-refractivity contribution in [2.75, 3.05) is 0 Å². The van der Waals surface area contributed by atoms with Crippen LogP contribution in [0, 0.1) is 0 Å². The third-order valence-corrected chi connectivity index (χ3v) is 2.39. The maximum atomic E-state index is 4.51. The molecule has 82 valence electrons. The third-order valence-electron chi connectivity index (χ3n) is 2.39. The van der Waals surface area contributed by atoms with Crippen molar-refractivity contribution in [3.63, 3.8) is 0 Å². The maximum absolute atomic E-state index is 4.51. The van der Waals surface area contributed by atoms with Crippen molar-refractivity contribution in [3.05, 3.63) is 54.4 Å². The lowest BCUT2D eigenvalue weighted by Crippen LogP contribution is -1.98. The Kier molecular flexibility index (Phi) is 2.42. The molecule has 0 saturated carbocycles. The summed E-state index contributed by atoms with van der Waals surface area (Å²) in [6.07, 6.45) is 5.45. The molecule has 0 fully saturated rings. The largest absolute Gasteiger partial charge is 0.253 e. The molecule has 0 N–H and O–H groups in total. The quantitative estimate of drug-likeness (QED) is 0.657. The van der Waals surface area contributed by atoms with Gasteiger partial charge < -0.3 is 0 Å². The second-order valence-electron chi connectivity index (χ2n) is 3.63. The zero-order valence-electron chi connectivity index (χ0n) is 8.98. The Morgan fingerprint density at radius 3 is 2.65 bits per heavy atom. The van der Waals surface area contributed by atoms with Crippen LogP contribution in [-0.2, 0) is 6.42 Å². The van der Waals surface area contributed by atoms with Gasteiger partial charge in [-0.15, -0.1) is 5.10 Å². The minimum absolute atomic E-state index is 0.596. The molecule has 3 rings (SSSR count). The molecule has 0 amide bonds. The van der Waals surface area contributed by atoms with Gasteiger partial charge in [0.15, 0.2) is 0 Å². The summed E-state index contributed by atoms with van der Waals surface area (Å²) in [6.45, 7) is 0. The fraction of sp³-hybridized carbons (Fsp3) is 0.0833. The van der Waals surface area contributed by atoms with Crippen molar-refractivity contribution in [1.82, 2.24) is 25.1 Å². The molecule has 0 bridgehead atoms. The minimum Gasteiger partial charge on any atom is -0.253 e. The minimum atomic E-state index is 0.596. The zero-order chi connectivity index (χ0) is 11.5. The Hall–Kier alpha value is -2.43. The van der Waals surface area contributed by atoms with Gasteiger partial charge in [-0.3, -0.25) is 4.98 Å². The number of nitrogens with zero attached hydrogens (tertiary/aromatic N) is 5. The Bertz CT molecular complexity index is 638. The second kappa shape index (κ2) is 4.21. The van der Waals surface area contributed by atoms with Crippen LogP contribution >= 0.6 is 0 Å². The van der Waals surface area contributed by atoms with Crippen molar-refractivity contribution in [1.29, 1.82) is 0 Å². The summed E-state index contributed by atoms with van der Waals surface area (Å²) in [5.41, 5.74) is 3.44. The van der Waals surface area contributed by atoms with E-state index in [1.165, 1.54) is 6.33 Å². The molecule has 0 unspecified atom stereocenters. The highest BCUT2D eigenvalue weighted by molar-refractivity contribution is 5.73. The van der Waals surface area contributed by atoms with Crippen LogP contribution in [-0.4, -0.2) is 25.1 Å². The molecule has 0 aliphatic heterocycles. The topological polar surface area (TPSA) is 64.5 Å². The summed E-state index contributed by atoms with van der Waals surface area (Å²) in [7, 11) is 0. The summed E-state index contributed by atoms with van der Waals surface area (Å²) >= 11 is 0. The van der Waals surface area contributed by atoms with E-state index in [0.717, 1.165) is 22.4 Å². The van der Waals surface area contributed by atoms with Crippen LogP contribution in [0.2, 0.25) is 0 Å². The smallest absolute Gasteiger partial charge is 0.138 e. The molecule has 0 saturated heterocycles. The summed E-state index contributed by atoms with van der Waals surface area (Å²) in [6, 6.07) is 7.78. The summed E-state index contributed by atoms with van der Waals surface area (Å²) in [4.78, 5) is 12.8. The molecule has 0 atom stereocenters. The number of benzene rings is 1. The Morgan fingerprint density at radius 2 is 1.82 bits per heavy atom. The summed E-state index contributed by atoms with van der Waals surface area (Å²) < 4.78 is 0. The number of rotatable bonds is 2. The number of hydrogen-bond acceptors (Lipinski definition) is 5. The molecule has 2 heterocycles. The van der Waals surface area contributed by atoms with Gasteiger partial charge in [-0.05, 0) is 12.1 Å². The first-order chi connectivity index (χ1) is 8.42. The van der Waals surface area contributed by atoms with Crippen LogP contribution in [0.1, 0.15) is 11.4 Å². The van der Waals surface area contributed by atoms with Gasteiger partial charge >= 0.3 is 0 Å². The molecule has 2 aromatic heterocycles. The SMILES string of the molecule is c1ccc2nc(Cc3cncnn3)cnc2c1. The van der Waals surface area contributed by atoms with Crippen LogP contribution in [0.3, 0.4) is 0 Å². The molecule has 0 aliphatic rings. The van der Waals surface area contributed by atoms with Crippen LogP contribution in [0.4, 0.5) is 0 Å². The molecule has 5 nitrogen and oxygen atoms in total. The molecule has 3 aromatic rings. The van der Waals surface area contributed by atoms with Crippen molar-refractivity contribution in [2.45, 2.75) is 6.42 Å². The lowest BCUT2D eigenvalue weighted by Gasteiger charge is -2.00. The van der Waals surface area contributed by atoms with Crippen LogP contribution in [0.15, 0.2) is 43.0 Å². The molecule has 17 heavy (non-hydrogen) atoms. The highest BCUT2D eigenvalue weighted by atomic mass is 15.1. The van der Waals surface area contributed by atoms with Crippen molar-refractivity contribution in [3.8, 4) is 0 Å². The van der Waals surface area contributed by atoms with E-state index in [1.807, 2.05) is 24.3 Å². The lowest BCUT2D eigenvalue weighted by atomic mass is 10.2. The summed E-state index contributed by atoms with van der Waals surface area (Å²) in [5.74, 6) is 0. The fourth-order valence-electron chi connectivity index (χ4n) is 1.62. The molecule has 5 heteroatoms. The predicted molar refractivity (Wildman–Crippen MR) is 62.2 cm³/mol.